The van der Waals surface area contributed by atoms with Crippen LogP contribution in [-0.2, 0) is 4.79 Å². The second-order valence-electron chi connectivity index (χ2n) is 6.64. The van der Waals surface area contributed by atoms with E-state index >= 15 is 0 Å². The highest BCUT2D eigenvalue weighted by molar-refractivity contribution is 5.97. The maximum atomic E-state index is 12.3. The van der Waals surface area contributed by atoms with Gasteiger partial charge in [-0.25, -0.2) is 0 Å². The molecule has 3 rings (SSSR count). The minimum absolute atomic E-state index is 0.00148. The predicted octanol–water partition coefficient (Wildman–Crippen LogP) is 3.12. The standard InChI is InChI=1S/C18H24N2O2/c1-13-4-2-5-15(12-13)19-18(22)14-7-9-16(10-8-14)20-11-3-6-17(20)21/h7-10,13,15H,2-6,11-12H2,1H3,(H,19,22). The van der Waals surface area contributed by atoms with E-state index in [-0.39, 0.29) is 11.8 Å². The van der Waals surface area contributed by atoms with E-state index in [0.29, 0.717) is 23.9 Å². The Labute approximate surface area is 131 Å². The van der Waals surface area contributed by atoms with Crippen LogP contribution in [0.25, 0.3) is 0 Å². The molecule has 1 N–H and O–H groups in total. The van der Waals surface area contributed by atoms with Crippen molar-refractivity contribution in [1.82, 2.24) is 5.32 Å². The van der Waals surface area contributed by atoms with Crippen molar-refractivity contribution in [2.75, 3.05) is 11.4 Å². The molecule has 118 valence electrons. The van der Waals surface area contributed by atoms with Crippen molar-refractivity contribution >= 4 is 17.5 Å². The lowest BCUT2D eigenvalue weighted by molar-refractivity contribution is -0.117. The Morgan fingerprint density at radius 1 is 1.18 bits per heavy atom. The Hall–Kier alpha value is -1.84. The summed E-state index contributed by atoms with van der Waals surface area (Å²) in [7, 11) is 0. The maximum absolute atomic E-state index is 12.3. The number of amides is 2. The molecule has 1 saturated heterocycles. The van der Waals surface area contributed by atoms with Gasteiger partial charge in [-0.05, 0) is 49.4 Å². The van der Waals surface area contributed by atoms with E-state index in [1.807, 2.05) is 24.3 Å². The molecule has 1 aromatic carbocycles. The molecule has 1 saturated carbocycles. The second-order valence-corrected chi connectivity index (χ2v) is 6.64. The molecule has 0 spiro atoms. The Morgan fingerprint density at radius 3 is 2.59 bits per heavy atom. The average molecular weight is 300 g/mol. The molecule has 1 aromatic rings. The van der Waals surface area contributed by atoms with Gasteiger partial charge in [-0.3, -0.25) is 9.59 Å². The molecule has 0 bridgehead atoms. The van der Waals surface area contributed by atoms with E-state index in [9.17, 15) is 9.59 Å². The highest BCUT2D eigenvalue weighted by atomic mass is 16.2. The lowest BCUT2D eigenvalue weighted by Crippen LogP contribution is -2.38. The topological polar surface area (TPSA) is 49.4 Å². The molecule has 4 nitrogen and oxygen atoms in total. The SMILES string of the molecule is CC1CCCC(NC(=O)c2ccc(N3CCCC3=O)cc2)C1. The highest BCUT2D eigenvalue weighted by Gasteiger charge is 2.23. The van der Waals surface area contributed by atoms with Gasteiger partial charge in [-0.1, -0.05) is 19.8 Å². The fourth-order valence-electron chi connectivity index (χ4n) is 3.55. The number of hydrogen-bond donors (Lipinski definition) is 1. The van der Waals surface area contributed by atoms with Crippen molar-refractivity contribution in [2.24, 2.45) is 5.92 Å². The molecular weight excluding hydrogens is 276 g/mol. The Morgan fingerprint density at radius 2 is 1.95 bits per heavy atom. The molecule has 4 heteroatoms. The summed E-state index contributed by atoms with van der Waals surface area (Å²) in [5, 5.41) is 3.14. The summed E-state index contributed by atoms with van der Waals surface area (Å²) in [6, 6.07) is 7.70. The lowest BCUT2D eigenvalue weighted by atomic mass is 9.87. The smallest absolute Gasteiger partial charge is 0.251 e. The zero-order valence-electron chi connectivity index (χ0n) is 13.2. The fraction of sp³-hybridized carbons (Fsp3) is 0.556. The molecule has 2 amide bonds. The third kappa shape index (κ3) is 3.32. The van der Waals surface area contributed by atoms with E-state index in [4.69, 9.17) is 0 Å². The molecule has 1 heterocycles. The van der Waals surface area contributed by atoms with Crippen LogP contribution >= 0.6 is 0 Å². The van der Waals surface area contributed by atoms with E-state index in [0.717, 1.165) is 31.5 Å². The van der Waals surface area contributed by atoms with E-state index < -0.39 is 0 Å². The van der Waals surface area contributed by atoms with Crippen molar-refractivity contribution in [3.05, 3.63) is 29.8 Å². The third-order valence-corrected chi connectivity index (χ3v) is 4.79. The molecule has 22 heavy (non-hydrogen) atoms. The maximum Gasteiger partial charge on any atom is 0.251 e. The van der Waals surface area contributed by atoms with Gasteiger partial charge in [-0.2, -0.15) is 0 Å². The monoisotopic (exact) mass is 300 g/mol. The number of nitrogens with zero attached hydrogens (tertiary/aromatic N) is 1. The van der Waals surface area contributed by atoms with E-state index in [1.165, 1.54) is 12.8 Å². The minimum atomic E-state index is -0.00148. The molecule has 2 aliphatic rings. The van der Waals surface area contributed by atoms with Crippen molar-refractivity contribution in [2.45, 2.75) is 51.5 Å². The van der Waals surface area contributed by atoms with E-state index in [1.54, 1.807) is 4.90 Å². The largest absolute Gasteiger partial charge is 0.349 e. The summed E-state index contributed by atoms with van der Waals surface area (Å²) in [5.41, 5.74) is 1.57. The number of rotatable bonds is 3. The first-order valence-corrected chi connectivity index (χ1v) is 8.35. The first-order chi connectivity index (χ1) is 10.6. The van der Waals surface area contributed by atoms with Crippen molar-refractivity contribution in [1.29, 1.82) is 0 Å². The zero-order valence-corrected chi connectivity index (χ0v) is 13.2. The van der Waals surface area contributed by atoms with Crippen molar-refractivity contribution in [3.63, 3.8) is 0 Å². The molecule has 0 radical (unpaired) electrons. The van der Waals surface area contributed by atoms with Crippen LogP contribution < -0.4 is 10.2 Å². The van der Waals surface area contributed by atoms with Gasteiger partial charge in [0.25, 0.3) is 5.91 Å². The normalized spacial score (nSPS) is 25.3. The van der Waals surface area contributed by atoms with Gasteiger partial charge >= 0.3 is 0 Å². The van der Waals surface area contributed by atoms with Crippen LogP contribution in [0.3, 0.4) is 0 Å². The van der Waals surface area contributed by atoms with Crippen LogP contribution in [0.4, 0.5) is 5.69 Å². The summed E-state index contributed by atoms with van der Waals surface area (Å²) >= 11 is 0. The van der Waals surface area contributed by atoms with Crippen LogP contribution in [0.5, 0.6) is 0 Å². The molecule has 1 aliphatic carbocycles. The molecule has 2 unspecified atom stereocenters. The molecule has 0 aromatic heterocycles. The number of nitrogens with one attached hydrogen (secondary N) is 1. The summed E-state index contributed by atoms with van der Waals surface area (Å²) in [6.45, 7) is 3.03. The average Bonchev–Trinajstić information content (AvgIpc) is 2.93. The number of carbonyl (C=O) groups excluding carboxylic acids is 2. The van der Waals surface area contributed by atoms with Crippen LogP contribution in [0.2, 0.25) is 0 Å². The quantitative estimate of drug-likeness (QED) is 0.932. The van der Waals surface area contributed by atoms with Crippen LogP contribution in [0, 0.1) is 5.92 Å². The fourth-order valence-corrected chi connectivity index (χ4v) is 3.55. The number of anilines is 1. The highest BCUT2D eigenvalue weighted by Crippen LogP contribution is 2.24. The third-order valence-electron chi connectivity index (χ3n) is 4.79. The van der Waals surface area contributed by atoms with Gasteiger partial charge in [0.1, 0.15) is 0 Å². The second kappa shape index (κ2) is 6.51. The van der Waals surface area contributed by atoms with Gasteiger partial charge < -0.3 is 10.2 Å². The zero-order chi connectivity index (χ0) is 15.5. The van der Waals surface area contributed by atoms with Crippen LogP contribution in [0.15, 0.2) is 24.3 Å². The van der Waals surface area contributed by atoms with Gasteiger partial charge in [0.05, 0.1) is 0 Å². The Balaban J connectivity index is 1.62. The molecule has 2 fully saturated rings. The first-order valence-electron chi connectivity index (χ1n) is 8.35. The molecular formula is C18H24N2O2. The summed E-state index contributed by atoms with van der Waals surface area (Å²) in [6.07, 6.45) is 6.17. The minimum Gasteiger partial charge on any atom is -0.349 e. The lowest BCUT2D eigenvalue weighted by Gasteiger charge is -2.27. The van der Waals surface area contributed by atoms with Crippen LogP contribution in [0.1, 0.15) is 55.8 Å². The predicted molar refractivity (Wildman–Crippen MR) is 86.9 cm³/mol. The van der Waals surface area contributed by atoms with Gasteiger partial charge in [0.15, 0.2) is 0 Å². The van der Waals surface area contributed by atoms with Crippen molar-refractivity contribution in [3.8, 4) is 0 Å². The Kier molecular flexibility index (Phi) is 4.46. The molecule has 1 aliphatic heterocycles. The molecule has 2 atom stereocenters. The van der Waals surface area contributed by atoms with Crippen molar-refractivity contribution < 1.29 is 9.59 Å². The summed E-state index contributed by atoms with van der Waals surface area (Å²) in [4.78, 5) is 25.9. The summed E-state index contributed by atoms with van der Waals surface area (Å²) < 4.78 is 0. The first kappa shape index (κ1) is 15.1. The summed E-state index contributed by atoms with van der Waals surface area (Å²) in [5.74, 6) is 0.870. The van der Waals surface area contributed by atoms with Gasteiger partial charge in [0, 0.05) is 30.3 Å². The number of carbonyl (C=O) groups is 2. The van der Waals surface area contributed by atoms with Gasteiger partial charge in [-0.15, -0.1) is 0 Å². The number of hydrogen-bond acceptors (Lipinski definition) is 2. The number of benzene rings is 1. The Bertz CT molecular complexity index is 553. The van der Waals surface area contributed by atoms with Gasteiger partial charge in [0.2, 0.25) is 5.91 Å². The van der Waals surface area contributed by atoms with Crippen LogP contribution in [-0.4, -0.2) is 24.4 Å². The van der Waals surface area contributed by atoms with E-state index in [2.05, 4.69) is 12.2 Å².